The smallest absolute Gasteiger partial charge is 0.308 e. The van der Waals surface area contributed by atoms with Crippen LogP contribution in [-0.4, -0.2) is 35.0 Å². The number of nitrogens with zero attached hydrogens (tertiary/aromatic N) is 1. The summed E-state index contributed by atoms with van der Waals surface area (Å²) in [6.07, 6.45) is 7.94. The van der Waals surface area contributed by atoms with Crippen LogP contribution in [0.3, 0.4) is 0 Å². The number of likely N-dealkylation sites (tertiary alicyclic amines) is 1. The van der Waals surface area contributed by atoms with Gasteiger partial charge in [0.1, 0.15) is 0 Å². The third kappa shape index (κ3) is 3.97. The minimum Gasteiger partial charge on any atom is -0.481 e. The molecule has 1 aromatic carbocycles. The van der Waals surface area contributed by atoms with Crippen LogP contribution in [-0.2, 0) is 9.59 Å². The zero-order chi connectivity index (χ0) is 16.9. The molecule has 24 heavy (non-hydrogen) atoms. The quantitative estimate of drug-likeness (QED) is 0.866. The lowest BCUT2D eigenvalue weighted by molar-refractivity contribution is -0.141. The first kappa shape index (κ1) is 17.0. The maximum absolute atomic E-state index is 12.5. The van der Waals surface area contributed by atoms with Gasteiger partial charge >= 0.3 is 5.97 Å². The molecule has 1 aromatic rings. The average Bonchev–Trinajstić information content (AvgIpc) is 3.25. The van der Waals surface area contributed by atoms with E-state index in [9.17, 15) is 14.7 Å². The summed E-state index contributed by atoms with van der Waals surface area (Å²) in [5.41, 5.74) is 1.02. The number of carbonyl (C=O) groups is 2. The van der Waals surface area contributed by atoms with Gasteiger partial charge in [0.15, 0.2) is 0 Å². The van der Waals surface area contributed by atoms with Crippen molar-refractivity contribution in [3.63, 3.8) is 0 Å². The molecule has 1 aliphatic heterocycles. The number of hydrogen-bond donors (Lipinski definition) is 1. The Labute approximate surface area is 143 Å². The van der Waals surface area contributed by atoms with Gasteiger partial charge in [-0.05, 0) is 24.3 Å². The molecule has 0 bridgehead atoms. The monoisotopic (exact) mass is 329 g/mol. The van der Waals surface area contributed by atoms with E-state index in [2.05, 4.69) is 0 Å². The number of carboxylic acids is 1. The standard InChI is InChI=1S/C20H27NO3/c22-19(12-6-9-15-7-4-5-8-15)21-13-17(18(14-21)20(23)24)16-10-2-1-3-11-16/h1-3,10-11,15,17-18H,4-9,12-14H2,(H,23,24). The lowest BCUT2D eigenvalue weighted by Crippen LogP contribution is -2.29. The van der Waals surface area contributed by atoms with Crippen molar-refractivity contribution >= 4 is 11.9 Å². The first-order chi connectivity index (χ1) is 11.6. The van der Waals surface area contributed by atoms with Crippen LogP contribution in [0, 0.1) is 11.8 Å². The van der Waals surface area contributed by atoms with Gasteiger partial charge in [0.2, 0.25) is 5.91 Å². The zero-order valence-electron chi connectivity index (χ0n) is 14.2. The van der Waals surface area contributed by atoms with Gasteiger partial charge < -0.3 is 10.0 Å². The van der Waals surface area contributed by atoms with E-state index in [4.69, 9.17) is 0 Å². The van der Waals surface area contributed by atoms with Crippen LogP contribution in [0.5, 0.6) is 0 Å². The third-order valence-corrected chi connectivity index (χ3v) is 5.70. The molecule has 0 aromatic heterocycles. The molecule has 1 heterocycles. The predicted molar refractivity (Wildman–Crippen MR) is 92.7 cm³/mol. The van der Waals surface area contributed by atoms with Gasteiger partial charge in [-0.15, -0.1) is 0 Å². The molecule has 2 aliphatic rings. The van der Waals surface area contributed by atoms with Crippen LogP contribution < -0.4 is 0 Å². The molecule has 2 unspecified atom stereocenters. The fraction of sp³-hybridized carbons (Fsp3) is 0.600. The first-order valence-corrected chi connectivity index (χ1v) is 9.20. The molecule has 4 nitrogen and oxygen atoms in total. The fourth-order valence-corrected chi connectivity index (χ4v) is 4.29. The second kappa shape index (κ2) is 7.82. The molecule has 0 spiro atoms. The highest BCUT2D eigenvalue weighted by Crippen LogP contribution is 2.34. The number of rotatable bonds is 6. The minimum absolute atomic E-state index is 0.0949. The summed E-state index contributed by atoms with van der Waals surface area (Å²) >= 11 is 0. The molecular weight excluding hydrogens is 302 g/mol. The molecule has 1 aliphatic carbocycles. The molecule has 2 fully saturated rings. The van der Waals surface area contributed by atoms with E-state index in [-0.39, 0.29) is 11.8 Å². The van der Waals surface area contributed by atoms with E-state index in [1.165, 1.54) is 25.7 Å². The Balaban J connectivity index is 1.56. The van der Waals surface area contributed by atoms with E-state index in [0.717, 1.165) is 24.3 Å². The highest BCUT2D eigenvalue weighted by Gasteiger charge is 2.40. The van der Waals surface area contributed by atoms with Gasteiger partial charge in [-0.25, -0.2) is 0 Å². The first-order valence-electron chi connectivity index (χ1n) is 9.20. The molecule has 0 radical (unpaired) electrons. The van der Waals surface area contributed by atoms with Crippen LogP contribution in [0.2, 0.25) is 0 Å². The maximum atomic E-state index is 12.5. The molecule has 1 saturated heterocycles. The Hall–Kier alpha value is -1.84. The number of carboxylic acid groups (broad SMARTS) is 1. The number of amides is 1. The van der Waals surface area contributed by atoms with Crippen molar-refractivity contribution in [3.05, 3.63) is 35.9 Å². The van der Waals surface area contributed by atoms with Gasteiger partial charge in [-0.2, -0.15) is 0 Å². The molecule has 2 atom stereocenters. The number of hydrogen-bond acceptors (Lipinski definition) is 2. The lowest BCUT2D eigenvalue weighted by Gasteiger charge is -2.17. The summed E-state index contributed by atoms with van der Waals surface area (Å²) in [6, 6.07) is 9.73. The van der Waals surface area contributed by atoms with Crippen molar-refractivity contribution in [2.24, 2.45) is 11.8 Å². The maximum Gasteiger partial charge on any atom is 0.308 e. The van der Waals surface area contributed by atoms with Gasteiger partial charge in [-0.3, -0.25) is 9.59 Å². The summed E-state index contributed by atoms with van der Waals surface area (Å²) in [4.78, 5) is 25.9. The van der Waals surface area contributed by atoms with Crippen molar-refractivity contribution in [2.75, 3.05) is 13.1 Å². The molecule has 1 saturated carbocycles. The topological polar surface area (TPSA) is 57.6 Å². The SMILES string of the molecule is O=C(O)C1CN(C(=O)CCCC2CCCC2)CC1c1ccccc1. The van der Waals surface area contributed by atoms with E-state index in [1.807, 2.05) is 30.3 Å². The van der Waals surface area contributed by atoms with Crippen LogP contribution in [0.4, 0.5) is 0 Å². The van der Waals surface area contributed by atoms with E-state index in [1.54, 1.807) is 4.90 Å². The Morgan fingerprint density at radius 2 is 1.79 bits per heavy atom. The highest BCUT2D eigenvalue weighted by molar-refractivity contribution is 5.79. The fourth-order valence-electron chi connectivity index (χ4n) is 4.29. The van der Waals surface area contributed by atoms with Crippen LogP contribution >= 0.6 is 0 Å². The lowest BCUT2D eigenvalue weighted by atomic mass is 9.89. The number of aliphatic carboxylic acids is 1. The summed E-state index contributed by atoms with van der Waals surface area (Å²) in [5, 5.41) is 9.53. The molecular formula is C20H27NO3. The van der Waals surface area contributed by atoms with Crippen LogP contribution in [0.15, 0.2) is 30.3 Å². The Bertz CT molecular complexity index is 566. The number of benzene rings is 1. The van der Waals surface area contributed by atoms with Gasteiger partial charge in [0, 0.05) is 25.4 Å². The summed E-state index contributed by atoms with van der Waals surface area (Å²) < 4.78 is 0. The molecule has 4 heteroatoms. The molecule has 130 valence electrons. The summed E-state index contributed by atoms with van der Waals surface area (Å²) in [7, 11) is 0. The summed E-state index contributed by atoms with van der Waals surface area (Å²) in [5.74, 6) is -0.461. The molecule has 3 rings (SSSR count). The van der Waals surface area contributed by atoms with E-state index in [0.29, 0.717) is 19.5 Å². The Morgan fingerprint density at radius 3 is 2.46 bits per heavy atom. The minimum atomic E-state index is -0.801. The molecule has 1 amide bonds. The zero-order valence-corrected chi connectivity index (χ0v) is 14.2. The van der Waals surface area contributed by atoms with E-state index >= 15 is 0 Å². The van der Waals surface area contributed by atoms with Gasteiger partial charge in [0.25, 0.3) is 0 Å². The second-order valence-corrected chi connectivity index (χ2v) is 7.30. The van der Waals surface area contributed by atoms with Crippen LogP contribution in [0.1, 0.15) is 56.4 Å². The normalized spacial score (nSPS) is 24.4. The Kier molecular flexibility index (Phi) is 5.54. The highest BCUT2D eigenvalue weighted by atomic mass is 16.4. The van der Waals surface area contributed by atoms with Gasteiger partial charge in [-0.1, -0.05) is 56.0 Å². The van der Waals surface area contributed by atoms with Crippen molar-refractivity contribution < 1.29 is 14.7 Å². The van der Waals surface area contributed by atoms with Crippen molar-refractivity contribution in [2.45, 2.75) is 50.9 Å². The largest absolute Gasteiger partial charge is 0.481 e. The van der Waals surface area contributed by atoms with Crippen molar-refractivity contribution in [1.29, 1.82) is 0 Å². The van der Waals surface area contributed by atoms with E-state index < -0.39 is 11.9 Å². The number of carbonyl (C=O) groups excluding carboxylic acids is 1. The van der Waals surface area contributed by atoms with Gasteiger partial charge in [0.05, 0.1) is 5.92 Å². The predicted octanol–water partition coefficient (Wildman–Crippen LogP) is 3.67. The van der Waals surface area contributed by atoms with Crippen molar-refractivity contribution in [3.8, 4) is 0 Å². The summed E-state index contributed by atoms with van der Waals surface area (Å²) in [6.45, 7) is 0.875. The Morgan fingerprint density at radius 1 is 1.08 bits per heavy atom. The average molecular weight is 329 g/mol. The second-order valence-electron chi connectivity index (χ2n) is 7.30. The van der Waals surface area contributed by atoms with Crippen LogP contribution in [0.25, 0.3) is 0 Å². The third-order valence-electron chi connectivity index (χ3n) is 5.70. The molecule has 1 N–H and O–H groups in total. The van der Waals surface area contributed by atoms with Crippen molar-refractivity contribution in [1.82, 2.24) is 4.90 Å².